The number of aliphatic hydroxyl groups excluding tert-OH is 1. The lowest BCUT2D eigenvalue weighted by Crippen LogP contribution is -2.31. The molecule has 3 aromatic rings. The van der Waals surface area contributed by atoms with Crippen LogP contribution in [0.2, 0.25) is 0 Å². The number of furan rings is 1. The van der Waals surface area contributed by atoms with E-state index in [-0.39, 0.29) is 23.7 Å². The number of nitrogens with zero attached hydrogens (tertiary/aromatic N) is 2. The molecule has 2 aromatic heterocycles. The van der Waals surface area contributed by atoms with Crippen LogP contribution < -0.4 is 4.90 Å². The molecule has 4 rings (SSSR count). The number of Topliss-reactive ketones (excluding diaryl/α,β-unsaturated/α-hetero) is 1. The highest BCUT2D eigenvalue weighted by molar-refractivity contribution is 6.20. The highest BCUT2D eigenvalue weighted by Crippen LogP contribution is 2.41. The van der Waals surface area contributed by atoms with Crippen molar-refractivity contribution >= 4 is 23.3 Å². The quantitative estimate of drug-likeness (QED) is 0.449. The van der Waals surface area contributed by atoms with E-state index in [0.717, 1.165) is 0 Å². The zero-order valence-electron chi connectivity index (χ0n) is 17.2. The van der Waals surface area contributed by atoms with E-state index >= 15 is 0 Å². The summed E-state index contributed by atoms with van der Waals surface area (Å²) in [4.78, 5) is 43.3. The highest BCUT2D eigenvalue weighted by Gasteiger charge is 2.45. The van der Waals surface area contributed by atoms with Gasteiger partial charge in [-0.2, -0.15) is 0 Å². The molecule has 0 aliphatic carbocycles. The molecule has 1 amide bonds. The lowest BCUT2D eigenvalue weighted by atomic mass is 9.96. The Labute approximate surface area is 183 Å². The molecule has 1 N–H and O–H groups in total. The second-order valence-electron chi connectivity index (χ2n) is 7.08. The van der Waals surface area contributed by atoms with Gasteiger partial charge in [-0.25, -0.2) is 0 Å². The summed E-state index contributed by atoms with van der Waals surface area (Å²) in [7, 11) is 0. The summed E-state index contributed by atoms with van der Waals surface area (Å²) in [6.07, 6.45) is 4.56. The summed E-state index contributed by atoms with van der Waals surface area (Å²) < 4.78 is 10.2. The summed E-state index contributed by atoms with van der Waals surface area (Å²) in [6.45, 7) is 2.03. The maximum Gasteiger partial charge on any atom is 0.310 e. The predicted octanol–water partition coefficient (Wildman–Crippen LogP) is 3.56. The number of aliphatic hydroxyl groups is 1. The third kappa shape index (κ3) is 3.90. The Morgan fingerprint density at radius 1 is 1.16 bits per heavy atom. The molecule has 0 saturated carbocycles. The minimum absolute atomic E-state index is 0.0138. The Balaban J connectivity index is 1.72. The van der Waals surface area contributed by atoms with Gasteiger partial charge in [0, 0.05) is 18.1 Å². The number of anilines is 1. The van der Waals surface area contributed by atoms with Crippen LogP contribution >= 0.6 is 0 Å². The normalized spacial score (nSPS) is 15.8. The number of ketones is 1. The minimum Gasteiger partial charge on any atom is -0.503 e. The zero-order chi connectivity index (χ0) is 22.7. The molecule has 162 valence electrons. The summed E-state index contributed by atoms with van der Waals surface area (Å²) in [5.74, 6) is -2.28. The van der Waals surface area contributed by atoms with E-state index in [1.165, 1.54) is 23.4 Å². The number of benzene rings is 1. The van der Waals surface area contributed by atoms with Crippen molar-refractivity contribution in [3.05, 3.63) is 95.4 Å². The first-order chi connectivity index (χ1) is 15.5. The molecular formula is C24H20N2O6. The van der Waals surface area contributed by atoms with Crippen LogP contribution in [0.3, 0.4) is 0 Å². The molecule has 1 aliphatic rings. The van der Waals surface area contributed by atoms with Crippen LogP contribution in [0.15, 0.2) is 82.9 Å². The molecule has 1 unspecified atom stereocenters. The molecule has 32 heavy (non-hydrogen) atoms. The first-order valence-electron chi connectivity index (χ1n) is 10.0. The van der Waals surface area contributed by atoms with Gasteiger partial charge in [0.15, 0.2) is 11.5 Å². The first kappa shape index (κ1) is 21.0. The maximum absolute atomic E-state index is 13.1. The van der Waals surface area contributed by atoms with E-state index in [9.17, 15) is 19.5 Å². The molecule has 1 aliphatic heterocycles. The molecule has 8 nitrogen and oxygen atoms in total. The summed E-state index contributed by atoms with van der Waals surface area (Å²) in [6, 6.07) is 12.2. The van der Waals surface area contributed by atoms with Crippen molar-refractivity contribution in [2.75, 3.05) is 11.5 Å². The topological polar surface area (TPSA) is 110 Å². The molecule has 0 bridgehead atoms. The number of rotatable bonds is 7. The van der Waals surface area contributed by atoms with E-state index in [0.29, 0.717) is 23.4 Å². The van der Waals surface area contributed by atoms with Crippen molar-refractivity contribution in [3.8, 4) is 0 Å². The van der Waals surface area contributed by atoms with E-state index in [1.807, 2.05) is 0 Å². The highest BCUT2D eigenvalue weighted by atomic mass is 16.5. The summed E-state index contributed by atoms with van der Waals surface area (Å²) >= 11 is 0. The number of amides is 1. The predicted molar refractivity (Wildman–Crippen MR) is 114 cm³/mol. The Morgan fingerprint density at radius 3 is 2.56 bits per heavy atom. The Morgan fingerprint density at radius 2 is 1.94 bits per heavy atom. The van der Waals surface area contributed by atoms with Gasteiger partial charge in [0.1, 0.15) is 0 Å². The second kappa shape index (κ2) is 8.89. The number of pyridine rings is 1. The van der Waals surface area contributed by atoms with E-state index in [2.05, 4.69) is 4.98 Å². The van der Waals surface area contributed by atoms with Gasteiger partial charge >= 0.3 is 5.97 Å². The fourth-order valence-corrected chi connectivity index (χ4v) is 3.65. The summed E-state index contributed by atoms with van der Waals surface area (Å²) in [5, 5.41) is 10.7. The average Bonchev–Trinajstić information content (AvgIpc) is 3.42. The second-order valence-corrected chi connectivity index (χ2v) is 7.08. The Kier molecular flexibility index (Phi) is 5.85. The third-order valence-corrected chi connectivity index (χ3v) is 5.07. The van der Waals surface area contributed by atoms with Crippen molar-refractivity contribution in [1.29, 1.82) is 0 Å². The molecule has 1 aromatic carbocycles. The molecule has 0 saturated heterocycles. The molecule has 0 radical (unpaired) electrons. The van der Waals surface area contributed by atoms with Crippen LogP contribution in [0, 0.1) is 0 Å². The number of carbonyl (C=O) groups is 3. The number of aromatic nitrogens is 1. The van der Waals surface area contributed by atoms with Crippen LogP contribution in [-0.4, -0.2) is 34.4 Å². The Hall–Kier alpha value is -4.20. The fraction of sp³-hybridized carbons (Fsp3) is 0.167. The standard InChI is InChI=1S/C24H20N2O6/c1-2-31-19(27)13-15-7-9-17(10-8-15)26-21(16-5-3-11-25-14-16)20(23(29)24(26)30)22(28)18-6-4-12-32-18/h3-12,14,21,29H,2,13H2,1H3. The molecule has 3 heterocycles. The lowest BCUT2D eigenvalue weighted by Gasteiger charge is -2.26. The number of carbonyl (C=O) groups excluding carboxylic acids is 3. The molecule has 1 atom stereocenters. The average molecular weight is 432 g/mol. The fourth-order valence-electron chi connectivity index (χ4n) is 3.65. The van der Waals surface area contributed by atoms with Gasteiger partial charge in [-0.15, -0.1) is 0 Å². The van der Waals surface area contributed by atoms with Crippen molar-refractivity contribution in [3.63, 3.8) is 0 Å². The van der Waals surface area contributed by atoms with Crippen molar-refractivity contribution in [2.24, 2.45) is 0 Å². The van der Waals surface area contributed by atoms with E-state index < -0.39 is 23.5 Å². The largest absolute Gasteiger partial charge is 0.503 e. The molecule has 8 heteroatoms. The van der Waals surface area contributed by atoms with Crippen molar-refractivity contribution in [2.45, 2.75) is 19.4 Å². The zero-order valence-corrected chi connectivity index (χ0v) is 17.2. The first-order valence-corrected chi connectivity index (χ1v) is 10.0. The van der Waals surface area contributed by atoms with Gasteiger partial charge in [0.2, 0.25) is 5.78 Å². The van der Waals surface area contributed by atoms with Gasteiger partial charge in [-0.05, 0) is 48.4 Å². The molecule has 0 spiro atoms. The van der Waals surface area contributed by atoms with Gasteiger partial charge in [-0.1, -0.05) is 18.2 Å². The number of esters is 1. The summed E-state index contributed by atoms with van der Waals surface area (Å²) in [5.41, 5.74) is 1.62. The van der Waals surface area contributed by atoms with Crippen LogP contribution in [0.1, 0.15) is 34.6 Å². The van der Waals surface area contributed by atoms with Crippen molar-refractivity contribution < 1.29 is 28.6 Å². The van der Waals surface area contributed by atoms with Gasteiger partial charge in [0.05, 0.1) is 30.9 Å². The van der Waals surface area contributed by atoms with E-state index in [1.54, 1.807) is 55.6 Å². The van der Waals surface area contributed by atoms with Crippen LogP contribution in [-0.2, 0) is 20.7 Å². The van der Waals surface area contributed by atoms with Crippen molar-refractivity contribution in [1.82, 2.24) is 4.98 Å². The number of hydrogen-bond acceptors (Lipinski definition) is 7. The van der Waals surface area contributed by atoms with Crippen LogP contribution in [0.4, 0.5) is 5.69 Å². The minimum atomic E-state index is -0.898. The van der Waals surface area contributed by atoms with Crippen LogP contribution in [0.25, 0.3) is 0 Å². The maximum atomic E-state index is 13.1. The smallest absolute Gasteiger partial charge is 0.310 e. The van der Waals surface area contributed by atoms with Gasteiger partial charge in [-0.3, -0.25) is 24.3 Å². The monoisotopic (exact) mass is 432 g/mol. The third-order valence-electron chi connectivity index (χ3n) is 5.07. The van der Waals surface area contributed by atoms with Gasteiger partial charge < -0.3 is 14.3 Å². The van der Waals surface area contributed by atoms with Gasteiger partial charge in [0.25, 0.3) is 5.91 Å². The SMILES string of the molecule is CCOC(=O)Cc1ccc(N2C(=O)C(O)=C(C(=O)c3ccco3)C2c2cccnc2)cc1. The van der Waals surface area contributed by atoms with E-state index in [4.69, 9.17) is 9.15 Å². The number of hydrogen-bond donors (Lipinski definition) is 1. The molecular weight excluding hydrogens is 412 g/mol. The number of ether oxygens (including phenoxy) is 1. The van der Waals surface area contributed by atoms with Crippen LogP contribution in [0.5, 0.6) is 0 Å². The molecule has 0 fully saturated rings. The lowest BCUT2D eigenvalue weighted by molar-refractivity contribution is -0.142. The Bertz CT molecular complexity index is 1170.